The number of sulfone groups is 1. The maximum atomic E-state index is 11.6. The first-order valence-electron chi connectivity index (χ1n) is 6.46. The summed E-state index contributed by atoms with van der Waals surface area (Å²) >= 11 is 0. The van der Waals surface area contributed by atoms with Gasteiger partial charge in [0.2, 0.25) is 0 Å². The van der Waals surface area contributed by atoms with Crippen LogP contribution in [-0.2, 0) is 21.1 Å². The second kappa shape index (κ2) is 6.33. The van der Waals surface area contributed by atoms with E-state index in [1.54, 1.807) is 0 Å². The maximum absolute atomic E-state index is 11.6. The molecule has 0 spiro atoms. The van der Waals surface area contributed by atoms with Crippen LogP contribution in [-0.4, -0.2) is 26.2 Å². The summed E-state index contributed by atoms with van der Waals surface area (Å²) in [5, 5.41) is 0. The largest absolute Gasteiger partial charge is 0.299 e. The summed E-state index contributed by atoms with van der Waals surface area (Å²) in [6.45, 7) is 5.74. The summed E-state index contributed by atoms with van der Waals surface area (Å²) in [5.74, 6) is -0.207. The molecule has 106 valence electrons. The van der Waals surface area contributed by atoms with E-state index in [-0.39, 0.29) is 11.5 Å². The van der Waals surface area contributed by atoms with Crippen molar-refractivity contribution in [3.05, 3.63) is 35.4 Å². The number of rotatable bonds is 6. The van der Waals surface area contributed by atoms with Crippen molar-refractivity contribution in [2.45, 2.75) is 33.1 Å². The minimum absolute atomic E-state index is 0.109. The van der Waals surface area contributed by atoms with Crippen LogP contribution in [0.2, 0.25) is 0 Å². The molecule has 0 saturated heterocycles. The molecule has 0 heterocycles. The van der Waals surface area contributed by atoms with Gasteiger partial charge in [0.15, 0.2) is 0 Å². The molecule has 0 aromatic heterocycles. The van der Waals surface area contributed by atoms with Crippen LogP contribution in [0.5, 0.6) is 0 Å². The molecule has 19 heavy (non-hydrogen) atoms. The van der Waals surface area contributed by atoms with Gasteiger partial charge in [-0.3, -0.25) is 4.79 Å². The van der Waals surface area contributed by atoms with E-state index in [1.165, 1.54) is 12.5 Å². The molecule has 1 aromatic rings. The van der Waals surface area contributed by atoms with Crippen molar-refractivity contribution >= 4 is 15.6 Å². The fourth-order valence-electron chi connectivity index (χ4n) is 2.11. The molecule has 0 amide bonds. The molecule has 0 aliphatic heterocycles. The Morgan fingerprint density at radius 2 is 1.68 bits per heavy atom. The van der Waals surface area contributed by atoms with Crippen molar-refractivity contribution < 1.29 is 13.2 Å². The Morgan fingerprint density at radius 3 is 2.05 bits per heavy atom. The zero-order chi connectivity index (χ0) is 14.6. The summed E-state index contributed by atoms with van der Waals surface area (Å²) in [5.41, 5.74) is 1.99. The zero-order valence-corrected chi connectivity index (χ0v) is 12.8. The van der Waals surface area contributed by atoms with Gasteiger partial charge in [0.05, 0.1) is 11.7 Å². The number of benzene rings is 1. The van der Waals surface area contributed by atoms with Crippen LogP contribution < -0.4 is 0 Å². The van der Waals surface area contributed by atoms with Gasteiger partial charge in [0.25, 0.3) is 0 Å². The first-order chi connectivity index (χ1) is 8.69. The van der Waals surface area contributed by atoms with E-state index >= 15 is 0 Å². The van der Waals surface area contributed by atoms with Gasteiger partial charge in [0, 0.05) is 6.26 Å². The van der Waals surface area contributed by atoms with Crippen molar-refractivity contribution in [3.63, 3.8) is 0 Å². The molecular weight excluding hydrogens is 260 g/mol. The van der Waals surface area contributed by atoms with Crippen molar-refractivity contribution in [1.82, 2.24) is 0 Å². The molecule has 3 nitrogen and oxygen atoms in total. The van der Waals surface area contributed by atoms with E-state index in [1.807, 2.05) is 24.3 Å². The lowest BCUT2D eigenvalue weighted by Crippen LogP contribution is -2.19. The molecule has 0 fully saturated rings. The molecule has 0 bridgehead atoms. The molecule has 1 atom stereocenters. The van der Waals surface area contributed by atoms with E-state index in [4.69, 9.17) is 0 Å². The molecule has 0 unspecified atom stereocenters. The molecule has 4 heteroatoms. The number of hydrogen-bond donors (Lipinski definition) is 0. The lowest BCUT2D eigenvalue weighted by molar-refractivity contribution is -0.118. The Labute approximate surface area is 116 Å². The number of carbonyl (C=O) groups is 1. The van der Waals surface area contributed by atoms with Crippen LogP contribution in [0.25, 0.3) is 0 Å². The van der Waals surface area contributed by atoms with E-state index in [2.05, 4.69) is 13.8 Å². The Morgan fingerprint density at radius 1 is 1.16 bits per heavy atom. The lowest BCUT2D eigenvalue weighted by atomic mass is 9.94. The second-order valence-corrected chi connectivity index (χ2v) is 7.78. The van der Waals surface area contributed by atoms with Crippen LogP contribution in [0.4, 0.5) is 0 Å². The summed E-state index contributed by atoms with van der Waals surface area (Å²) in [4.78, 5) is 11.6. The average Bonchev–Trinajstić information content (AvgIpc) is 2.25. The summed E-state index contributed by atoms with van der Waals surface area (Å²) in [7, 11) is -3.17. The predicted octanol–water partition coefficient (Wildman–Crippen LogP) is 2.60. The third kappa shape index (κ3) is 5.55. The second-order valence-electron chi connectivity index (χ2n) is 5.60. The van der Waals surface area contributed by atoms with Crippen molar-refractivity contribution in [3.8, 4) is 0 Å². The van der Waals surface area contributed by atoms with Crippen LogP contribution in [0, 0.1) is 5.92 Å². The highest BCUT2D eigenvalue weighted by molar-refractivity contribution is 7.90. The third-order valence-corrected chi connectivity index (χ3v) is 3.93. The highest BCUT2D eigenvalue weighted by atomic mass is 32.2. The normalized spacial score (nSPS) is 13.5. The quantitative estimate of drug-likeness (QED) is 0.806. The van der Waals surface area contributed by atoms with E-state index in [9.17, 15) is 13.2 Å². The molecule has 0 saturated carbocycles. The van der Waals surface area contributed by atoms with Gasteiger partial charge in [0.1, 0.15) is 15.6 Å². The average molecular weight is 282 g/mol. The Kier molecular flexibility index (Phi) is 5.29. The molecular formula is C15H22O3S. The first kappa shape index (κ1) is 15.9. The monoisotopic (exact) mass is 282 g/mol. The van der Waals surface area contributed by atoms with Gasteiger partial charge >= 0.3 is 0 Å². The molecule has 1 aromatic carbocycles. The highest BCUT2D eigenvalue weighted by Crippen LogP contribution is 2.20. The van der Waals surface area contributed by atoms with Crippen molar-refractivity contribution in [2.75, 3.05) is 12.0 Å². The third-order valence-electron chi connectivity index (χ3n) is 2.99. The Bertz CT molecular complexity index is 527. The van der Waals surface area contributed by atoms with Gasteiger partial charge in [-0.2, -0.15) is 0 Å². The number of hydrogen-bond acceptors (Lipinski definition) is 3. The predicted molar refractivity (Wildman–Crippen MR) is 78.1 cm³/mol. The van der Waals surface area contributed by atoms with Gasteiger partial charge in [-0.05, 0) is 30.4 Å². The fourth-order valence-corrected chi connectivity index (χ4v) is 3.14. The Balaban J connectivity index is 2.95. The van der Waals surface area contributed by atoms with Gasteiger partial charge in [-0.25, -0.2) is 8.42 Å². The highest BCUT2D eigenvalue weighted by Gasteiger charge is 2.21. The number of carbonyl (C=O) groups excluding carboxylic acids is 1. The smallest absolute Gasteiger partial charge is 0.148 e. The van der Waals surface area contributed by atoms with Gasteiger partial charge in [-0.15, -0.1) is 0 Å². The number of ketones is 1. The lowest BCUT2D eigenvalue weighted by Gasteiger charge is -2.14. The molecule has 0 N–H and O–H groups in total. The molecule has 0 radical (unpaired) electrons. The van der Waals surface area contributed by atoms with Crippen molar-refractivity contribution in [2.24, 2.45) is 5.92 Å². The van der Waals surface area contributed by atoms with Crippen LogP contribution in [0.3, 0.4) is 0 Å². The first-order valence-corrected chi connectivity index (χ1v) is 8.52. The van der Waals surface area contributed by atoms with E-state index in [0.717, 1.165) is 18.2 Å². The minimum atomic E-state index is -3.17. The molecule has 0 aliphatic rings. The van der Waals surface area contributed by atoms with Gasteiger partial charge in [-0.1, -0.05) is 38.1 Å². The fraction of sp³-hybridized carbons (Fsp3) is 0.533. The SMILES string of the molecule is CC(=O)[C@H](CS(C)(=O)=O)c1ccc(CC(C)C)cc1. The zero-order valence-electron chi connectivity index (χ0n) is 12.0. The van der Waals surface area contributed by atoms with Crippen molar-refractivity contribution in [1.29, 1.82) is 0 Å². The molecule has 0 aliphatic carbocycles. The van der Waals surface area contributed by atoms with Crippen LogP contribution in [0.15, 0.2) is 24.3 Å². The van der Waals surface area contributed by atoms with Crippen LogP contribution in [0.1, 0.15) is 37.8 Å². The summed E-state index contributed by atoms with van der Waals surface area (Å²) in [6, 6.07) is 7.70. The molecule has 1 rings (SSSR count). The van der Waals surface area contributed by atoms with Crippen LogP contribution >= 0.6 is 0 Å². The summed E-state index contributed by atoms with van der Waals surface area (Å²) < 4.78 is 22.8. The minimum Gasteiger partial charge on any atom is -0.299 e. The van der Waals surface area contributed by atoms with E-state index in [0.29, 0.717) is 5.92 Å². The van der Waals surface area contributed by atoms with E-state index < -0.39 is 15.8 Å². The maximum Gasteiger partial charge on any atom is 0.148 e. The topological polar surface area (TPSA) is 51.2 Å². The summed E-state index contributed by atoms with van der Waals surface area (Å²) in [6.07, 6.45) is 2.15. The number of Topliss-reactive ketones (excluding diaryl/α,β-unsaturated/α-hetero) is 1. The van der Waals surface area contributed by atoms with Gasteiger partial charge < -0.3 is 0 Å². The standard InChI is InChI=1S/C15H22O3S/c1-11(2)9-13-5-7-14(8-6-13)15(12(3)16)10-19(4,17)18/h5-8,11,15H,9-10H2,1-4H3/t15-/m0/s1. The Hall–Kier alpha value is -1.16.